The quantitative estimate of drug-likeness (QED) is 0.755. The molecule has 3 nitrogen and oxygen atoms in total. The van der Waals surface area contributed by atoms with Crippen LogP contribution in [0.15, 0.2) is 40.9 Å². The normalized spacial score (nSPS) is 10.2. The molecule has 0 aliphatic carbocycles. The molecule has 66 valence electrons. The van der Waals surface area contributed by atoms with Crippen LogP contribution in [0.25, 0.3) is 0 Å². The molecule has 1 aromatic heterocycles. The molecule has 0 aliphatic rings. The lowest BCUT2D eigenvalue weighted by atomic mass is 10.2. The van der Waals surface area contributed by atoms with Crippen molar-refractivity contribution >= 4 is 5.88 Å². The molecule has 0 radical (unpaired) electrons. The number of nitrogens with two attached hydrogens (primary N) is 1. The standard InChI is InChI=1S/C10H10N2O/c11-9-7-12-10(13-9)6-8-4-2-1-3-5-8/h1-5,7H,6,11H2. The molecule has 13 heavy (non-hydrogen) atoms. The van der Waals surface area contributed by atoms with Crippen LogP contribution in [0.5, 0.6) is 0 Å². The van der Waals surface area contributed by atoms with E-state index < -0.39 is 0 Å². The van der Waals surface area contributed by atoms with Gasteiger partial charge >= 0.3 is 0 Å². The van der Waals surface area contributed by atoms with Gasteiger partial charge in [-0.3, -0.25) is 0 Å². The van der Waals surface area contributed by atoms with Gasteiger partial charge in [0.1, 0.15) is 0 Å². The largest absolute Gasteiger partial charge is 0.425 e. The zero-order valence-electron chi connectivity index (χ0n) is 7.10. The summed E-state index contributed by atoms with van der Waals surface area (Å²) in [5, 5.41) is 0. The summed E-state index contributed by atoms with van der Waals surface area (Å²) in [6.07, 6.45) is 2.22. The molecule has 0 aliphatic heterocycles. The zero-order valence-corrected chi connectivity index (χ0v) is 7.10. The third-order valence-electron chi connectivity index (χ3n) is 1.77. The second-order valence-corrected chi connectivity index (χ2v) is 2.82. The number of hydrogen-bond acceptors (Lipinski definition) is 3. The van der Waals surface area contributed by atoms with Crippen LogP contribution in [-0.4, -0.2) is 4.98 Å². The summed E-state index contributed by atoms with van der Waals surface area (Å²) in [6, 6.07) is 10.0. The van der Waals surface area contributed by atoms with Gasteiger partial charge in [-0.05, 0) is 5.56 Å². The van der Waals surface area contributed by atoms with E-state index in [9.17, 15) is 0 Å². The van der Waals surface area contributed by atoms with Crippen molar-refractivity contribution in [3.63, 3.8) is 0 Å². The highest BCUT2D eigenvalue weighted by atomic mass is 16.4. The molecule has 0 spiro atoms. The van der Waals surface area contributed by atoms with E-state index in [1.807, 2.05) is 30.3 Å². The first kappa shape index (κ1) is 7.86. The van der Waals surface area contributed by atoms with Gasteiger partial charge in [0, 0.05) is 6.42 Å². The van der Waals surface area contributed by atoms with Crippen molar-refractivity contribution in [2.45, 2.75) is 6.42 Å². The van der Waals surface area contributed by atoms with Crippen LogP contribution in [-0.2, 0) is 6.42 Å². The van der Waals surface area contributed by atoms with Crippen molar-refractivity contribution in [3.8, 4) is 0 Å². The molecular formula is C10H10N2O. The van der Waals surface area contributed by atoms with Gasteiger partial charge in [0.2, 0.25) is 11.8 Å². The van der Waals surface area contributed by atoms with Crippen molar-refractivity contribution in [1.82, 2.24) is 4.98 Å². The van der Waals surface area contributed by atoms with Gasteiger partial charge in [0.05, 0.1) is 6.20 Å². The molecular weight excluding hydrogens is 164 g/mol. The molecule has 0 amide bonds. The highest BCUT2D eigenvalue weighted by Crippen LogP contribution is 2.10. The van der Waals surface area contributed by atoms with Crippen LogP contribution in [0.1, 0.15) is 11.5 Å². The Balaban J connectivity index is 2.15. The number of nitrogen functional groups attached to an aromatic ring is 1. The summed E-state index contributed by atoms with van der Waals surface area (Å²) >= 11 is 0. The summed E-state index contributed by atoms with van der Waals surface area (Å²) < 4.78 is 5.15. The molecule has 0 saturated heterocycles. The number of aromatic nitrogens is 1. The van der Waals surface area contributed by atoms with Crippen LogP contribution in [0.4, 0.5) is 5.88 Å². The molecule has 3 heteroatoms. The monoisotopic (exact) mass is 174 g/mol. The Hall–Kier alpha value is -1.77. The molecule has 1 heterocycles. The topological polar surface area (TPSA) is 52.0 Å². The lowest BCUT2D eigenvalue weighted by Crippen LogP contribution is -1.86. The predicted octanol–water partition coefficient (Wildman–Crippen LogP) is 1.85. The van der Waals surface area contributed by atoms with E-state index in [1.165, 1.54) is 11.8 Å². The first-order valence-electron chi connectivity index (χ1n) is 4.09. The Morgan fingerprint density at radius 1 is 1.23 bits per heavy atom. The number of benzene rings is 1. The number of oxazole rings is 1. The van der Waals surface area contributed by atoms with Crippen molar-refractivity contribution in [2.75, 3.05) is 5.73 Å². The van der Waals surface area contributed by atoms with E-state index in [4.69, 9.17) is 10.2 Å². The summed E-state index contributed by atoms with van der Waals surface area (Å²) in [6.45, 7) is 0. The highest BCUT2D eigenvalue weighted by Gasteiger charge is 2.01. The number of rotatable bonds is 2. The summed E-state index contributed by atoms with van der Waals surface area (Å²) in [7, 11) is 0. The van der Waals surface area contributed by atoms with Crippen LogP contribution in [0.2, 0.25) is 0 Å². The minimum Gasteiger partial charge on any atom is -0.425 e. The molecule has 0 fully saturated rings. The maximum absolute atomic E-state index is 5.40. The molecule has 2 aromatic rings. The minimum atomic E-state index is 0.367. The number of hydrogen-bond donors (Lipinski definition) is 1. The van der Waals surface area contributed by atoms with Gasteiger partial charge < -0.3 is 10.2 Å². The fraction of sp³-hybridized carbons (Fsp3) is 0.100. The molecule has 0 saturated carbocycles. The molecule has 0 atom stereocenters. The van der Waals surface area contributed by atoms with E-state index in [1.54, 1.807) is 0 Å². The Morgan fingerprint density at radius 2 is 2.00 bits per heavy atom. The molecule has 0 unspecified atom stereocenters. The van der Waals surface area contributed by atoms with Gasteiger partial charge in [-0.15, -0.1) is 0 Å². The van der Waals surface area contributed by atoms with Crippen molar-refractivity contribution in [1.29, 1.82) is 0 Å². The fourth-order valence-electron chi connectivity index (χ4n) is 1.18. The number of nitrogens with zero attached hydrogens (tertiary/aromatic N) is 1. The van der Waals surface area contributed by atoms with Gasteiger partial charge in [-0.25, -0.2) is 4.98 Å². The van der Waals surface area contributed by atoms with E-state index in [0.29, 0.717) is 18.2 Å². The smallest absolute Gasteiger partial charge is 0.211 e. The highest BCUT2D eigenvalue weighted by molar-refractivity contribution is 5.22. The van der Waals surface area contributed by atoms with Crippen molar-refractivity contribution in [2.24, 2.45) is 0 Å². The van der Waals surface area contributed by atoms with E-state index in [0.717, 1.165) is 0 Å². The minimum absolute atomic E-state index is 0.367. The fourth-order valence-corrected chi connectivity index (χ4v) is 1.18. The molecule has 0 bridgehead atoms. The third kappa shape index (κ3) is 1.87. The second-order valence-electron chi connectivity index (χ2n) is 2.82. The predicted molar refractivity (Wildman–Crippen MR) is 50.2 cm³/mol. The van der Waals surface area contributed by atoms with E-state index in [2.05, 4.69) is 4.98 Å². The summed E-state index contributed by atoms with van der Waals surface area (Å²) in [5.74, 6) is 1.02. The molecule has 2 rings (SSSR count). The zero-order chi connectivity index (χ0) is 9.10. The Kier molecular flexibility index (Phi) is 2.00. The van der Waals surface area contributed by atoms with Gasteiger partial charge in [-0.2, -0.15) is 0 Å². The molecule has 2 N–H and O–H groups in total. The lowest BCUT2D eigenvalue weighted by molar-refractivity contribution is 0.523. The van der Waals surface area contributed by atoms with Crippen LogP contribution in [0.3, 0.4) is 0 Å². The summed E-state index contributed by atoms with van der Waals surface area (Å²) in [5.41, 5.74) is 6.57. The maximum atomic E-state index is 5.40. The van der Waals surface area contributed by atoms with Crippen LogP contribution in [0, 0.1) is 0 Å². The van der Waals surface area contributed by atoms with Crippen molar-refractivity contribution in [3.05, 3.63) is 48.0 Å². The summed E-state index contributed by atoms with van der Waals surface area (Å²) in [4.78, 5) is 4.02. The Labute approximate surface area is 76.2 Å². The average molecular weight is 174 g/mol. The SMILES string of the molecule is Nc1cnc(Cc2ccccc2)o1. The first-order chi connectivity index (χ1) is 6.34. The molecule has 1 aromatic carbocycles. The Morgan fingerprint density at radius 3 is 2.62 bits per heavy atom. The average Bonchev–Trinajstić information content (AvgIpc) is 2.53. The van der Waals surface area contributed by atoms with Crippen molar-refractivity contribution < 1.29 is 4.42 Å². The van der Waals surface area contributed by atoms with Gasteiger partial charge in [-0.1, -0.05) is 30.3 Å². The third-order valence-corrected chi connectivity index (χ3v) is 1.77. The van der Waals surface area contributed by atoms with Crippen LogP contribution < -0.4 is 5.73 Å². The van der Waals surface area contributed by atoms with Gasteiger partial charge in [0.25, 0.3) is 0 Å². The van der Waals surface area contributed by atoms with E-state index >= 15 is 0 Å². The first-order valence-corrected chi connectivity index (χ1v) is 4.09. The van der Waals surface area contributed by atoms with E-state index in [-0.39, 0.29) is 0 Å². The Bertz CT molecular complexity index is 381. The van der Waals surface area contributed by atoms with Crippen LogP contribution >= 0.6 is 0 Å². The second kappa shape index (κ2) is 3.31. The number of anilines is 1. The van der Waals surface area contributed by atoms with Gasteiger partial charge in [0.15, 0.2) is 0 Å². The lowest BCUT2D eigenvalue weighted by Gasteiger charge is -1.94. The maximum Gasteiger partial charge on any atom is 0.211 e.